The van der Waals surface area contributed by atoms with Gasteiger partial charge in [-0.25, -0.2) is 0 Å². The lowest BCUT2D eigenvalue weighted by molar-refractivity contribution is 1.05. The third-order valence-electron chi connectivity index (χ3n) is 5.40. The zero-order chi connectivity index (χ0) is 18.1. The van der Waals surface area contributed by atoms with E-state index >= 15 is 0 Å². The lowest BCUT2D eigenvalue weighted by Gasteiger charge is -2.17. The van der Waals surface area contributed by atoms with E-state index in [4.69, 9.17) is 0 Å². The van der Waals surface area contributed by atoms with Crippen LogP contribution in [0.1, 0.15) is 22.6 Å². The standard InChI is InChI=1S/C27H20/c1-2-8-20(9-3-1)21-14-16-23(17-15-21)25-12-6-7-13-26(25)27-19-18-22-10-4-5-11-24(22)27/h1-19,27H. The van der Waals surface area contributed by atoms with Gasteiger partial charge in [-0.15, -0.1) is 0 Å². The molecule has 1 aliphatic rings. The number of benzene rings is 4. The minimum atomic E-state index is 0.325. The molecule has 1 aliphatic carbocycles. The third-order valence-corrected chi connectivity index (χ3v) is 5.40. The fraction of sp³-hybridized carbons (Fsp3) is 0.0370. The second-order valence-corrected chi connectivity index (χ2v) is 7.00. The number of allylic oxidation sites excluding steroid dienone is 1. The Labute approximate surface area is 160 Å². The Morgan fingerprint density at radius 1 is 0.444 bits per heavy atom. The molecule has 0 bridgehead atoms. The van der Waals surface area contributed by atoms with Crippen LogP contribution in [-0.2, 0) is 0 Å². The summed E-state index contributed by atoms with van der Waals surface area (Å²) >= 11 is 0. The van der Waals surface area contributed by atoms with Crippen molar-refractivity contribution < 1.29 is 0 Å². The van der Waals surface area contributed by atoms with Gasteiger partial charge in [0.1, 0.15) is 0 Å². The van der Waals surface area contributed by atoms with E-state index in [0.717, 1.165) is 0 Å². The van der Waals surface area contributed by atoms with E-state index < -0.39 is 0 Å². The zero-order valence-corrected chi connectivity index (χ0v) is 15.0. The summed E-state index contributed by atoms with van der Waals surface area (Å²) in [5, 5.41) is 0. The number of hydrogen-bond acceptors (Lipinski definition) is 0. The lowest BCUT2D eigenvalue weighted by atomic mass is 9.87. The largest absolute Gasteiger partial charge is 0.0720 e. The van der Waals surface area contributed by atoms with Crippen molar-refractivity contribution in [2.75, 3.05) is 0 Å². The van der Waals surface area contributed by atoms with Crippen LogP contribution in [-0.4, -0.2) is 0 Å². The molecule has 0 heterocycles. The summed E-state index contributed by atoms with van der Waals surface area (Å²) in [4.78, 5) is 0. The van der Waals surface area contributed by atoms with Gasteiger partial charge in [0.15, 0.2) is 0 Å². The highest BCUT2D eigenvalue weighted by Gasteiger charge is 2.21. The van der Waals surface area contributed by atoms with Gasteiger partial charge in [0, 0.05) is 5.92 Å². The highest BCUT2D eigenvalue weighted by Crippen LogP contribution is 2.39. The molecule has 0 aromatic heterocycles. The third kappa shape index (κ3) is 2.90. The molecular formula is C27H20. The van der Waals surface area contributed by atoms with Gasteiger partial charge in [0.2, 0.25) is 0 Å². The molecule has 0 nitrogen and oxygen atoms in total. The first-order valence-electron chi connectivity index (χ1n) is 9.42. The predicted molar refractivity (Wildman–Crippen MR) is 115 cm³/mol. The van der Waals surface area contributed by atoms with Crippen LogP contribution < -0.4 is 0 Å². The molecule has 128 valence electrons. The van der Waals surface area contributed by atoms with Gasteiger partial charge in [0.05, 0.1) is 0 Å². The van der Waals surface area contributed by atoms with E-state index in [1.807, 2.05) is 0 Å². The topological polar surface area (TPSA) is 0 Å². The van der Waals surface area contributed by atoms with Gasteiger partial charge in [-0.05, 0) is 38.9 Å². The number of hydrogen-bond donors (Lipinski definition) is 0. The van der Waals surface area contributed by atoms with E-state index in [-0.39, 0.29) is 0 Å². The van der Waals surface area contributed by atoms with Crippen molar-refractivity contribution in [3.8, 4) is 22.3 Å². The van der Waals surface area contributed by atoms with Gasteiger partial charge >= 0.3 is 0 Å². The van der Waals surface area contributed by atoms with E-state index in [9.17, 15) is 0 Å². The Morgan fingerprint density at radius 2 is 1.04 bits per heavy atom. The van der Waals surface area contributed by atoms with E-state index in [1.54, 1.807) is 0 Å². The first-order valence-corrected chi connectivity index (χ1v) is 9.42. The van der Waals surface area contributed by atoms with E-state index in [1.165, 1.54) is 38.9 Å². The Hall–Kier alpha value is -3.38. The minimum Gasteiger partial charge on any atom is -0.0720 e. The van der Waals surface area contributed by atoms with Gasteiger partial charge in [-0.2, -0.15) is 0 Å². The quantitative estimate of drug-likeness (QED) is 0.369. The van der Waals surface area contributed by atoms with Gasteiger partial charge in [-0.1, -0.05) is 115 Å². The van der Waals surface area contributed by atoms with Crippen molar-refractivity contribution in [2.24, 2.45) is 0 Å². The summed E-state index contributed by atoms with van der Waals surface area (Å²) < 4.78 is 0. The summed E-state index contributed by atoms with van der Waals surface area (Å²) in [6.07, 6.45) is 4.57. The molecule has 1 unspecified atom stereocenters. The molecule has 0 spiro atoms. The normalized spacial score (nSPS) is 14.9. The fourth-order valence-corrected chi connectivity index (χ4v) is 4.02. The van der Waals surface area contributed by atoms with Crippen LogP contribution in [0.15, 0.2) is 109 Å². The molecule has 0 radical (unpaired) electrons. The zero-order valence-electron chi connectivity index (χ0n) is 15.0. The Bertz CT molecular complexity index is 1100. The molecule has 0 heteroatoms. The van der Waals surface area contributed by atoms with Crippen molar-refractivity contribution in [1.82, 2.24) is 0 Å². The first kappa shape index (κ1) is 15.8. The Morgan fingerprint density at radius 3 is 1.85 bits per heavy atom. The lowest BCUT2D eigenvalue weighted by Crippen LogP contribution is -1.98. The fourth-order valence-electron chi connectivity index (χ4n) is 4.02. The molecule has 5 rings (SSSR count). The monoisotopic (exact) mass is 344 g/mol. The van der Waals surface area contributed by atoms with Crippen molar-refractivity contribution in [2.45, 2.75) is 5.92 Å². The van der Waals surface area contributed by atoms with Crippen molar-refractivity contribution in [3.63, 3.8) is 0 Å². The summed E-state index contributed by atoms with van der Waals surface area (Å²) in [6, 6.07) is 36.9. The molecule has 0 aliphatic heterocycles. The first-order chi connectivity index (χ1) is 13.4. The molecule has 0 saturated heterocycles. The Balaban J connectivity index is 1.55. The SMILES string of the molecule is C1=CC(c2ccccc2-c2ccc(-c3ccccc3)cc2)c2ccccc21. The molecular weight excluding hydrogens is 324 g/mol. The maximum absolute atomic E-state index is 2.32. The number of fused-ring (bicyclic) bond motifs is 1. The van der Waals surface area contributed by atoms with E-state index in [2.05, 4.69) is 115 Å². The second-order valence-electron chi connectivity index (χ2n) is 7.00. The van der Waals surface area contributed by atoms with Crippen LogP contribution in [0.4, 0.5) is 0 Å². The average Bonchev–Trinajstić information content (AvgIpc) is 3.19. The molecule has 0 saturated carbocycles. The molecule has 0 amide bonds. The molecule has 4 aromatic carbocycles. The predicted octanol–water partition coefficient (Wildman–Crippen LogP) is 7.18. The summed E-state index contributed by atoms with van der Waals surface area (Å²) in [7, 11) is 0. The number of rotatable bonds is 3. The highest BCUT2D eigenvalue weighted by molar-refractivity contribution is 5.75. The van der Waals surface area contributed by atoms with Gasteiger partial charge in [-0.3, -0.25) is 0 Å². The van der Waals surface area contributed by atoms with Crippen LogP contribution in [0.25, 0.3) is 28.3 Å². The molecule has 1 atom stereocenters. The van der Waals surface area contributed by atoms with Crippen LogP contribution >= 0.6 is 0 Å². The van der Waals surface area contributed by atoms with Crippen LogP contribution in [0, 0.1) is 0 Å². The smallest absolute Gasteiger partial charge is 0.0284 e. The van der Waals surface area contributed by atoms with Gasteiger partial charge < -0.3 is 0 Å². The van der Waals surface area contributed by atoms with Crippen LogP contribution in [0.2, 0.25) is 0 Å². The molecule has 27 heavy (non-hydrogen) atoms. The average molecular weight is 344 g/mol. The molecule has 0 fully saturated rings. The van der Waals surface area contributed by atoms with Crippen molar-refractivity contribution >= 4 is 6.08 Å². The Kier molecular flexibility index (Phi) is 3.95. The van der Waals surface area contributed by atoms with Crippen molar-refractivity contribution in [3.05, 3.63) is 126 Å². The molecule has 0 N–H and O–H groups in total. The van der Waals surface area contributed by atoms with Crippen LogP contribution in [0.3, 0.4) is 0 Å². The second kappa shape index (κ2) is 6.74. The maximum Gasteiger partial charge on any atom is 0.0284 e. The van der Waals surface area contributed by atoms with E-state index in [0.29, 0.717) is 5.92 Å². The van der Waals surface area contributed by atoms with Crippen molar-refractivity contribution in [1.29, 1.82) is 0 Å². The summed E-state index contributed by atoms with van der Waals surface area (Å²) in [6.45, 7) is 0. The summed E-state index contributed by atoms with van der Waals surface area (Å²) in [5.74, 6) is 0.325. The molecule has 4 aromatic rings. The van der Waals surface area contributed by atoms with Crippen LogP contribution in [0.5, 0.6) is 0 Å². The minimum absolute atomic E-state index is 0.325. The summed E-state index contributed by atoms with van der Waals surface area (Å²) in [5.41, 5.74) is 9.17. The maximum atomic E-state index is 2.32. The highest BCUT2D eigenvalue weighted by atomic mass is 14.2. The van der Waals surface area contributed by atoms with Gasteiger partial charge in [0.25, 0.3) is 0 Å².